The summed E-state index contributed by atoms with van der Waals surface area (Å²) in [5, 5.41) is 7.73. The molecule has 134 valence electrons. The zero-order valence-corrected chi connectivity index (χ0v) is 15.8. The first-order chi connectivity index (χ1) is 12.2. The second-order valence-electron chi connectivity index (χ2n) is 6.52. The van der Waals surface area contributed by atoms with E-state index in [-0.39, 0.29) is 11.2 Å². The number of aryl methyl sites for hydroxylation is 1. The lowest BCUT2D eigenvalue weighted by molar-refractivity contribution is -0.130. The molecule has 5 nitrogen and oxygen atoms in total. The number of carbonyl (C=O) groups is 1. The molecule has 2 heterocycles. The molecule has 1 atom stereocenters. The van der Waals surface area contributed by atoms with Gasteiger partial charge in [0, 0.05) is 18.7 Å². The van der Waals surface area contributed by atoms with Crippen LogP contribution in [-0.2, 0) is 11.2 Å². The van der Waals surface area contributed by atoms with Crippen LogP contribution >= 0.6 is 11.8 Å². The van der Waals surface area contributed by atoms with Crippen molar-refractivity contribution in [1.82, 2.24) is 20.1 Å². The highest BCUT2D eigenvalue weighted by atomic mass is 32.2. The fraction of sp³-hybridized carbons (Fsp3) is 0.526. The number of aromatic nitrogens is 3. The average Bonchev–Trinajstić information content (AvgIpc) is 2.93. The first-order valence-corrected chi connectivity index (χ1v) is 10.0. The second kappa shape index (κ2) is 8.52. The van der Waals surface area contributed by atoms with Gasteiger partial charge in [0.1, 0.15) is 0 Å². The van der Waals surface area contributed by atoms with Crippen LogP contribution in [0.5, 0.6) is 0 Å². The van der Waals surface area contributed by atoms with Gasteiger partial charge in [-0.1, -0.05) is 55.8 Å². The van der Waals surface area contributed by atoms with Crippen LogP contribution in [0.15, 0.2) is 29.4 Å². The molecule has 2 aromatic rings. The Morgan fingerprint density at radius 3 is 2.52 bits per heavy atom. The number of H-pyrrole nitrogens is 1. The van der Waals surface area contributed by atoms with E-state index in [1.165, 1.54) is 30.2 Å². The van der Waals surface area contributed by atoms with Gasteiger partial charge in [-0.15, -0.1) is 5.10 Å². The van der Waals surface area contributed by atoms with E-state index in [2.05, 4.69) is 46.4 Å². The van der Waals surface area contributed by atoms with Crippen molar-refractivity contribution in [3.8, 4) is 11.4 Å². The minimum Gasteiger partial charge on any atom is -0.342 e. The molecule has 0 radical (unpaired) electrons. The Kier molecular flexibility index (Phi) is 6.13. The van der Waals surface area contributed by atoms with Crippen LogP contribution < -0.4 is 0 Å². The molecule has 1 fully saturated rings. The van der Waals surface area contributed by atoms with Gasteiger partial charge in [0.25, 0.3) is 0 Å². The van der Waals surface area contributed by atoms with Crippen LogP contribution in [0.4, 0.5) is 0 Å². The molecule has 1 aromatic heterocycles. The number of rotatable bonds is 5. The number of aromatic amines is 1. The molecule has 1 aromatic carbocycles. The van der Waals surface area contributed by atoms with Crippen LogP contribution in [0.3, 0.4) is 0 Å². The third-order valence-electron chi connectivity index (χ3n) is 4.65. The molecule has 0 aliphatic carbocycles. The number of nitrogens with zero attached hydrogens (tertiary/aromatic N) is 3. The maximum absolute atomic E-state index is 12.6. The first kappa shape index (κ1) is 18.0. The summed E-state index contributed by atoms with van der Waals surface area (Å²) in [6.45, 7) is 5.85. The third-order valence-corrected chi connectivity index (χ3v) is 5.60. The third kappa shape index (κ3) is 4.63. The molecule has 1 amide bonds. The van der Waals surface area contributed by atoms with Gasteiger partial charge in [0.05, 0.1) is 5.25 Å². The molecule has 25 heavy (non-hydrogen) atoms. The molecule has 0 spiro atoms. The normalized spacial score (nSPS) is 16.5. The molecule has 0 saturated carbocycles. The summed E-state index contributed by atoms with van der Waals surface area (Å²) >= 11 is 1.43. The smallest absolute Gasteiger partial charge is 0.235 e. The zero-order valence-electron chi connectivity index (χ0n) is 15.0. The summed E-state index contributed by atoms with van der Waals surface area (Å²) in [5.74, 6) is 0.949. The van der Waals surface area contributed by atoms with E-state index >= 15 is 0 Å². The van der Waals surface area contributed by atoms with E-state index in [0.29, 0.717) is 5.16 Å². The molecule has 0 unspecified atom stereocenters. The lowest BCUT2D eigenvalue weighted by atomic mass is 10.1. The molecule has 6 heteroatoms. The fourth-order valence-electron chi connectivity index (χ4n) is 3.08. The van der Waals surface area contributed by atoms with Crippen LogP contribution in [-0.4, -0.2) is 44.3 Å². The SMILES string of the molecule is CCc1ccc(-c2nc(S[C@@H](C)C(=O)N3CCCCCC3)n[nH]2)cc1. The van der Waals surface area contributed by atoms with Crippen molar-refractivity contribution in [3.05, 3.63) is 29.8 Å². The summed E-state index contributed by atoms with van der Waals surface area (Å²) in [7, 11) is 0. The van der Waals surface area contributed by atoms with Crippen molar-refractivity contribution in [3.63, 3.8) is 0 Å². The van der Waals surface area contributed by atoms with Crippen molar-refractivity contribution >= 4 is 17.7 Å². The lowest BCUT2D eigenvalue weighted by Gasteiger charge is -2.23. The Morgan fingerprint density at radius 1 is 1.20 bits per heavy atom. The van der Waals surface area contributed by atoms with Crippen LogP contribution in [0, 0.1) is 0 Å². The minimum absolute atomic E-state index is 0.163. The molecule has 1 N–H and O–H groups in total. The highest BCUT2D eigenvalue weighted by molar-refractivity contribution is 8.00. The Bertz CT molecular complexity index is 690. The largest absolute Gasteiger partial charge is 0.342 e. The molecular formula is C19H26N4OS. The Morgan fingerprint density at radius 2 is 1.88 bits per heavy atom. The van der Waals surface area contributed by atoms with Crippen molar-refractivity contribution in [2.24, 2.45) is 0 Å². The number of hydrogen-bond donors (Lipinski definition) is 1. The predicted octanol–water partition coefficient (Wildman–Crippen LogP) is 3.92. The van der Waals surface area contributed by atoms with Crippen LogP contribution in [0.2, 0.25) is 0 Å². The zero-order chi connectivity index (χ0) is 17.6. The second-order valence-corrected chi connectivity index (χ2v) is 7.82. The molecule has 1 aliphatic rings. The average molecular weight is 359 g/mol. The monoisotopic (exact) mass is 358 g/mol. The number of benzene rings is 1. The minimum atomic E-state index is -0.163. The first-order valence-electron chi connectivity index (χ1n) is 9.14. The highest BCUT2D eigenvalue weighted by Gasteiger charge is 2.23. The van der Waals surface area contributed by atoms with E-state index in [9.17, 15) is 4.79 Å². The summed E-state index contributed by atoms with van der Waals surface area (Å²) < 4.78 is 0. The van der Waals surface area contributed by atoms with Crippen LogP contribution in [0.25, 0.3) is 11.4 Å². The quantitative estimate of drug-likeness (QED) is 0.823. The van der Waals surface area contributed by atoms with E-state index in [1.54, 1.807) is 0 Å². The fourth-order valence-corrected chi connectivity index (χ4v) is 3.89. The van der Waals surface area contributed by atoms with Crippen molar-refractivity contribution in [2.45, 2.75) is 56.4 Å². The van der Waals surface area contributed by atoms with Crippen molar-refractivity contribution in [2.75, 3.05) is 13.1 Å². The molecule has 3 rings (SSSR count). The number of thioether (sulfide) groups is 1. The number of carbonyl (C=O) groups excluding carboxylic acids is 1. The summed E-state index contributed by atoms with van der Waals surface area (Å²) in [4.78, 5) is 19.2. The van der Waals surface area contributed by atoms with Crippen molar-refractivity contribution < 1.29 is 4.79 Å². The molecule has 1 saturated heterocycles. The van der Waals surface area contributed by atoms with Gasteiger partial charge >= 0.3 is 0 Å². The van der Waals surface area contributed by atoms with Gasteiger partial charge in [0.15, 0.2) is 5.82 Å². The van der Waals surface area contributed by atoms with Gasteiger partial charge < -0.3 is 4.90 Å². The Hall–Kier alpha value is -1.82. The van der Waals surface area contributed by atoms with Gasteiger partial charge in [-0.2, -0.15) is 0 Å². The Labute approximate surface area is 153 Å². The molecular weight excluding hydrogens is 332 g/mol. The maximum atomic E-state index is 12.6. The van der Waals surface area contributed by atoms with Gasteiger partial charge in [-0.3, -0.25) is 9.89 Å². The van der Waals surface area contributed by atoms with Gasteiger partial charge in [-0.05, 0) is 31.7 Å². The number of likely N-dealkylation sites (tertiary alicyclic amines) is 1. The van der Waals surface area contributed by atoms with Gasteiger partial charge in [0.2, 0.25) is 11.1 Å². The van der Waals surface area contributed by atoms with Crippen molar-refractivity contribution in [1.29, 1.82) is 0 Å². The number of hydrogen-bond acceptors (Lipinski definition) is 4. The molecule has 0 bridgehead atoms. The highest BCUT2D eigenvalue weighted by Crippen LogP contribution is 2.25. The Balaban J connectivity index is 1.62. The maximum Gasteiger partial charge on any atom is 0.235 e. The predicted molar refractivity (Wildman–Crippen MR) is 102 cm³/mol. The summed E-state index contributed by atoms with van der Waals surface area (Å²) in [5.41, 5.74) is 2.32. The van der Waals surface area contributed by atoms with E-state index in [1.807, 2.05) is 11.8 Å². The van der Waals surface area contributed by atoms with E-state index < -0.39 is 0 Å². The standard InChI is InChI=1S/C19H26N4OS/c1-3-15-8-10-16(11-9-15)17-20-19(22-21-17)25-14(2)18(24)23-12-6-4-5-7-13-23/h8-11,14H,3-7,12-13H2,1-2H3,(H,20,21,22)/t14-/m0/s1. The van der Waals surface area contributed by atoms with Crippen LogP contribution in [0.1, 0.15) is 45.1 Å². The summed E-state index contributed by atoms with van der Waals surface area (Å²) in [6.07, 6.45) is 5.70. The number of nitrogens with one attached hydrogen (secondary N) is 1. The van der Waals surface area contributed by atoms with E-state index in [0.717, 1.165) is 43.7 Å². The lowest BCUT2D eigenvalue weighted by Crippen LogP contribution is -2.37. The number of amides is 1. The topological polar surface area (TPSA) is 61.9 Å². The van der Waals surface area contributed by atoms with E-state index in [4.69, 9.17) is 0 Å². The summed E-state index contributed by atoms with van der Waals surface area (Å²) in [6, 6.07) is 8.32. The van der Waals surface area contributed by atoms with Gasteiger partial charge in [-0.25, -0.2) is 4.98 Å². The molecule has 1 aliphatic heterocycles.